The lowest BCUT2D eigenvalue weighted by atomic mass is 10.1. The molecule has 29 heavy (non-hydrogen) atoms. The number of hydrogen-bond donors (Lipinski definition) is 2. The third-order valence-corrected chi connectivity index (χ3v) is 4.76. The molecule has 11 heteroatoms. The van der Waals surface area contributed by atoms with Crippen molar-refractivity contribution in [2.75, 3.05) is 18.4 Å². The number of rotatable bonds is 2. The molecule has 1 aliphatic rings. The zero-order chi connectivity index (χ0) is 22.0. The van der Waals surface area contributed by atoms with Crippen molar-refractivity contribution in [2.24, 2.45) is 0 Å². The van der Waals surface area contributed by atoms with Crippen LogP contribution in [0.2, 0.25) is 5.02 Å². The van der Waals surface area contributed by atoms with Crippen molar-refractivity contribution in [3.63, 3.8) is 0 Å². The topological polar surface area (TPSA) is 70.7 Å². The zero-order valence-corrected chi connectivity index (χ0v) is 18.5. The molecule has 1 aliphatic heterocycles. The van der Waals surface area contributed by atoms with Gasteiger partial charge < -0.3 is 20.3 Å². The Labute approximate surface area is 180 Å². The first-order valence-corrected chi connectivity index (χ1v) is 10.0. The van der Waals surface area contributed by atoms with E-state index in [1.165, 1.54) is 11.0 Å². The molecular formula is C18H22BrClF3N3O3. The maximum Gasteiger partial charge on any atom is 0.418 e. The highest BCUT2D eigenvalue weighted by molar-refractivity contribution is 9.10. The molecule has 1 atom stereocenters. The van der Waals surface area contributed by atoms with E-state index in [0.29, 0.717) is 19.4 Å². The van der Waals surface area contributed by atoms with Crippen LogP contribution in [0.3, 0.4) is 0 Å². The van der Waals surface area contributed by atoms with E-state index in [9.17, 15) is 22.8 Å². The van der Waals surface area contributed by atoms with Crippen molar-refractivity contribution < 1.29 is 27.5 Å². The molecule has 0 bridgehead atoms. The average molecular weight is 501 g/mol. The van der Waals surface area contributed by atoms with E-state index in [1.807, 2.05) is 0 Å². The number of ether oxygens (including phenoxy) is 1. The minimum atomic E-state index is -4.70. The molecule has 1 unspecified atom stereocenters. The minimum Gasteiger partial charge on any atom is -0.444 e. The Hall–Kier alpha value is -1.68. The summed E-state index contributed by atoms with van der Waals surface area (Å²) in [5.41, 5.74) is -2.24. The molecule has 2 rings (SSSR count). The van der Waals surface area contributed by atoms with Crippen molar-refractivity contribution in [1.29, 1.82) is 0 Å². The van der Waals surface area contributed by atoms with Crippen LogP contribution in [0.1, 0.15) is 39.2 Å². The van der Waals surface area contributed by atoms with Crippen LogP contribution in [-0.4, -0.2) is 41.8 Å². The van der Waals surface area contributed by atoms with Gasteiger partial charge in [0.25, 0.3) is 0 Å². The van der Waals surface area contributed by atoms with Crippen molar-refractivity contribution in [3.8, 4) is 0 Å². The number of alkyl halides is 3. The molecule has 1 fully saturated rings. The molecule has 6 nitrogen and oxygen atoms in total. The second kappa shape index (κ2) is 8.99. The van der Waals surface area contributed by atoms with Crippen LogP contribution in [0.25, 0.3) is 0 Å². The lowest BCUT2D eigenvalue weighted by molar-refractivity contribution is -0.137. The number of halogens is 5. The van der Waals surface area contributed by atoms with E-state index in [0.717, 1.165) is 6.07 Å². The van der Waals surface area contributed by atoms with E-state index in [1.54, 1.807) is 20.8 Å². The van der Waals surface area contributed by atoms with Gasteiger partial charge in [-0.2, -0.15) is 13.2 Å². The van der Waals surface area contributed by atoms with Crippen LogP contribution in [-0.2, 0) is 10.9 Å². The maximum atomic E-state index is 13.3. The van der Waals surface area contributed by atoms with Crippen LogP contribution in [0.4, 0.5) is 28.4 Å². The highest BCUT2D eigenvalue weighted by Crippen LogP contribution is 2.40. The first-order chi connectivity index (χ1) is 13.3. The Morgan fingerprint density at radius 1 is 1.28 bits per heavy atom. The summed E-state index contributed by atoms with van der Waals surface area (Å²) in [6, 6.07) is 0.833. The van der Waals surface area contributed by atoms with Gasteiger partial charge in [0.05, 0.1) is 16.3 Å². The summed E-state index contributed by atoms with van der Waals surface area (Å²) in [6.07, 6.45) is -4.00. The van der Waals surface area contributed by atoms with Gasteiger partial charge in [0.1, 0.15) is 5.60 Å². The second-order valence-corrected chi connectivity index (χ2v) is 8.99. The van der Waals surface area contributed by atoms with E-state index < -0.39 is 41.2 Å². The molecule has 0 spiro atoms. The number of urea groups is 1. The first kappa shape index (κ1) is 23.6. The quantitative estimate of drug-likeness (QED) is 0.552. The number of carbonyl (C=O) groups is 2. The third-order valence-electron chi connectivity index (χ3n) is 4.01. The summed E-state index contributed by atoms with van der Waals surface area (Å²) < 4.78 is 45.3. The highest BCUT2D eigenvalue weighted by Gasteiger charge is 2.36. The lowest BCUT2D eigenvalue weighted by Crippen LogP contribution is -2.51. The number of hydrogen-bond acceptors (Lipinski definition) is 3. The summed E-state index contributed by atoms with van der Waals surface area (Å²) in [5.74, 6) is 0. The molecule has 0 saturated carbocycles. The summed E-state index contributed by atoms with van der Waals surface area (Å²) in [6.45, 7) is 5.92. The van der Waals surface area contributed by atoms with Crippen LogP contribution in [0.15, 0.2) is 16.6 Å². The summed E-state index contributed by atoms with van der Waals surface area (Å²) >= 11 is 8.88. The first-order valence-electron chi connectivity index (χ1n) is 8.88. The van der Waals surface area contributed by atoms with Gasteiger partial charge in [-0.3, -0.25) is 0 Å². The van der Waals surface area contributed by atoms with Gasteiger partial charge in [0, 0.05) is 23.6 Å². The molecule has 0 aromatic heterocycles. The number of likely N-dealkylation sites (tertiary alicyclic amines) is 1. The summed E-state index contributed by atoms with van der Waals surface area (Å²) in [4.78, 5) is 26.0. The predicted molar refractivity (Wildman–Crippen MR) is 107 cm³/mol. The Balaban J connectivity index is 2.05. The Morgan fingerprint density at radius 2 is 1.93 bits per heavy atom. The molecule has 2 N–H and O–H groups in total. The van der Waals surface area contributed by atoms with Crippen LogP contribution < -0.4 is 10.6 Å². The number of nitrogens with zero attached hydrogens (tertiary/aromatic N) is 1. The Bertz CT molecular complexity index is 784. The van der Waals surface area contributed by atoms with E-state index in [2.05, 4.69) is 26.6 Å². The lowest BCUT2D eigenvalue weighted by Gasteiger charge is -2.34. The van der Waals surface area contributed by atoms with Gasteiger partial charge in [-0.05, 0) is 45.7 Å². The third kappa shape index (κ3) is 6.95. The number of piperidine rings is 1. The molecule has 0 radical (unpaired) electrons. The molecule has 1 saturated heterocycles. The largest absolute Gasteiger partial charge is 0.444 e. The number of benzene rings is 1. The van der Waals surface area contributed by atoms with Crippen molar-refractivity contribution in [2.45, 2.75) is 51.4 Å². The van der Waals surface area contributed by atoms with Crippen molar-refractivity contribution >= 4 is 45.3 Å². The van der Waals surface area contributed by atoms with Gasteiger partial charge >= 0.3 is 18.3 Å². The molecule has 3 amide bonds. The Kier molecular flexibility index (Phi) is 7.32. The highest BCUT2D eigenvalue weighted by atomic mass is 79.9. The van der Waals surface area contributed by atoms with Gasteiger partial charge in [-0.1, -0.05) is 27.5 Å². The van der Waals surface area contributed by atoms with Crippen LogP contribution in [0.5, 0.6) is 0 Å². The average Bonchev–Trinajstić information content (AvgIpc) is 2.54. The second-order valence-electron chi connectivity index (χ2n) is 7.67. The predicted octanol–water partition coefficient (Wildman–Crippen LogP) is 5.64. The molecule has 1 aromatic rings. The molecule has 162 valence electrons. The fourth-order valence-electron chi connectivity index (χ4n) is 2.85. The van der Waals surface area contributed by atoms with Crippen LogP contribution >= 0.6 is 27.5 Å². The van der Waals surface area contributed by atoms with Crippen molar-refractivity contribution in [3.05, 3.63) is 27.2 Å². The van der Waals surface area contributed by atoms with Gasteiger partial charge in [-0.25, -0.2) is 9.59 Å². The molecule has 1 heterocycles. The van der Waals surface area contributed by atoms with Gasteiger partial charge in [0.2, 0.25) is 0 Å². The molecule has 1 aromatic carbocycles. The molecular weight excluding hydrogens is 479 g/mol. The fourth-order valence-corrected chi connectivity index (χ4v) is 3.70. The number of carbonyl (C=O) groups excluding carboxylic acids is 2. The SMILES string of the molecule is CC(C)(C)OC(=O)N1CCCC(NC(=O)Nc2c(Cl)cc(Br)cc2C(F)(F)F)C1. The maximum absolute atomic E-state index is 13.3. The number of nitrogens with one attached hydrogen (secondary N) is 2. The number of anilines is 1. The fraction of sp³-hybridized carbons (Fsp3) is 0.556. The summed E-state index contributed by atoms with van der Waals surface area (Å²) in [7, 11) is 0. The van der Waals surface area contributed by atoms with E-state index in [-0.39, 0.29) is 16.0 Å². The smallest absolute Gasteiger partial charge is 0.418 e. The minimum absolute atomic E-state index is 0.140. The standard InChI is InChI=1S/C18H22BrClF3N3O3/c1-17(2,3)29-16(28)26-6-4-5-11(9-26)24-15(27)25-14-12(18(21,22)23)7-10(19)8-13(14)20/h7-8,11H,4-6,9H2,1-3H3,(H2,24,25,27). The Morgan fingerprint density at radius 3 is 2.52 bits per heavy atom. The van der Waals surface area contributed by atoms with E-state index >= 15 is 0 Å². The van der Waals surface area contributed by atoms with E-state index in [4.69, 9.17) is 16.3 Å². The summed E-state index contributed by atoms with van der Waals surface area (Å²) in [5, 5.41) is 4.53. The van der Waals surface area contributed by atoms with Crippen LogP contribution in [0, 0.1) is 0 Å². The van der Waals surface area contributed by atoms with Gasteiger partial charge in [-0.15, -0.1) is 0 Å². The van der Waals surface area contributed by atoms with Crippen molar-refractivity contribution in [1.82, 2.24) is 10.2 Å². The zero-order valence-electron chi connectivity index (χ0n) is 16.1. The molecule has 0 aliphatic carbocycles. The van der Waals surface area contributed by atoms with Gasteiger partial charge in [0.15, 0.2) is 0 Å². The monoisotopic (exact) mass is 499 g/mol. The number of amides is 3. The normalized spacial score (nSPS) is 17.7.